The van der Waals surface area contributed by atoms with Crippen molar-refractivity contribution >= 4 is 40.6 Å². The summed E-state index contributed by atoms with van der Waals surface area (Å²) in [6.45, 7) is 3.36. The SMILES string of the molecule is CNC(=O)CCc1cccc(Nc2ncc(F)c(Nc3ccc4c(c3)NC(=O)C(C)(C)O4)n2)c1. The number of carbonyl (C=O) groups excluding carboxylic acids is 2. The molecule has 0 saturated heterocycles. The Hall–Kier alpha value is -4.21. The van der Waals surface area contributed by atoms with Crippen LogP contribution in [0.2, 0.25) is 0 Å². The first-order valence-corrected chi connectivity index (χ1v) is 10.7. The van der Waals surface area contributed by atoms with Gasteiger partial charge in [0.1, 0.15) is 5.75 Å². The maximum absolute atomic E-state index is 14.4. The molecule has 2 amide bonds. The number of nitrogens with zero attached hydrogens (tertiary/aromatic N) is 2. The lowest BCUT2D eigenvalue weighted by atomic mass is 10.1. The first-order valence-electron chi connectivity index (χ1n) is 10.7. The van der Waals surface area contributed by atoms with E-state index in [0.29, 0.717) is 35.7 Å². The number of carbonyl (C=O) groups is 2. The number of hydrogen-bond acceptors (Lipinski definition) is 7. The molecule has 0 unspecified atom stereocenters. The Labute approximate surface area is 196 Å². The van der Waals surface area contributed by atoms with Crippen LogP contribution in [0.5, 0.6) is 5.75 Å². The summed E-state index contributed by atoms with van der Waals surface area (Å²) < 4.78 is 20.1. The van der Waals surface area contributed by atoms with Gasteiger partial charge in [0.15, 0.2) is 17.2 Å². The van der Waals surface area contributed by atoms with Gasteiger partial charge in [-0.3, -0.25) is 9.59 Å². The largest absolute Gasteiger partial charge is 0.476 e. The summed E-state index contributed by atoms with van der Waals surface area (Å²) in [6, 6.07) is 12.5. The Balaban J connectivity index is 1.49. The highest BCUT2D eigenvalue weighted by Crippen LogP contribution is 2.36. The predicted molar refractivity (Wildman–Crippen MR) is 127 cm³/mol. The lowest BCUT2D eigenvalue weighted by molar-refractivity contribution is -0.129. The number of anilines is 5. The molecule has 4 rings (SSSR count). The van der Waals surface area contributed by atoms with Crippen LogP contribution in [-0.4, -0.2) is 34.4 Å². The highest BCUT2D eigenvalue weighted by Gasteiger charge is 2.35. The zero-order valence-electron chi connectivity index (χ0n) is 19.0. The molecule has 34 heavy (non-hydrogen) atoms. The zero-order valence-corrected chi connectivity index (χ0v) is 19.0. The van der Waals surface area contributed by atoms with Crippen LogP contribution in [0.3, 0.4) is 0 Å². The number of amides is 2. The van der Waals surface area contributed by atoms with Crippen molar-refractivity contribution in [3.8, 4) is 5.75 Å². The molecule has 10 heteroatoms. The smallest absolute Gasteiger partial charge is 0.268 e. The molecule has 4 N–H and O–H groups in total. The molecule has 0 atom stereocenters. The minimum absolute atomic E-state index is 0.0309. The van der Waals surface area contributed by atoms with Crippen LogP contribution in [0.25, 0.3) is 0 Å². The van der Waals surface area contributed by atoms with Crippen molar-refractivity contribution in [1.29, 1.82) is 0 Å². The minimum atomic E-state index is -0.971. The lowest BCUT2D eigenvalue weighted by Crippen LogP contribution is -2.45. The molecule has 0 aliphatic carbocycles. The topological polar surface area (TPSA) is 117 Å². The summed E-state index contributed by atoms with van der Waals surface area (Å²) in [5.74, 6) is -0.247. The molecular formula is C24H25FN6O3. The van der Waals surface area contributed by atoms with Crippen LogP contribution >= 0.6 is 0 Å². The summed E-state index contributed by atoms with van der Waals surface area (Å²) >= 11 is 0. The molecule has 3 aromatic rings. The van der Waals surface area contributed by atoms with Crippen LogP contribution < -0.4 is 26.0 Å². The summed E-state index contributed by atoms with van der Waals surface area (Å²) in [7, 11) is 1.60. The third kappa shape index (κ3) is 5.22. The summed E-state index contributed by atoms with van der Waals surface area (Å²) in [4.78, 5) is 31.9. The number of ether oxygens (including phenoxy) is 1. The van der Waals surface area contributed by atoms with E-state index < -0.39 is 11.4 Å². The molecule has 0 saturated carbocycles. The van der Waals surface area contributed by atoms with E-state index in [9.17, 15) is 14.0 Å². The van der Waals surface area contributed by atoms with Gasteiger partial charge in [0, 0.05) is 24.8 Å². The Morgan fingerprint density at radius 3 is 2.74 bits per heavy atom. The van der Waals surface area contributed by atoms with Crippen molar-refractivity contribution in [3.63, 3.8) is 0 Å². The third-order valence-corrected chi connectivity index (χ3v) is 5.25. The molecule has 0 spiro atoms. The predicted octanol–water partition coefficient (Wildman–Crippen LogP) is 3.89. The fourth-order valence-electron chi connectivity index (χ4n) is 3.36. The number of benzene rings is 2. The second-order valence-corrected chi connectivity index (χ2v) is 8.29. The van der Waals surface area contributed by atoms with Crippen LogP contribution in [-0.2, 0) is 16.0 Å². The van der Waals surface area contributed by atoms with E-state index in [1.54, 1.807) is 39.1 Å². The average molecular weight is 465 g/mol. The summed E-state index contributed by atoms with van der Waals surface area (Å²) in [5, 5.41) is 11.4. The van der Waals surface area contributed by atoms with Gasteiger partial charge in [-0.15, -0.1) is 0 Å². The average Bonchev–Trinajstić information content (AvgIpc) is 2.81. The fraction of sp³-hybridized carbons (Fsp3) is 0.250. The second kappa shape index (κ2) is 9.34. The molecular weight excluding hydrogens is 439 g/mol. The molecule has 0 radical (unpaired) electrons. The Bertz CT molecular complexity index is 1250. The maximum atomic E-state index is 14.4. The molecule has 2 heterocycles. The lowest BCUT2D eigenvalue weighted by Gasteiger charge is -2.31. The van der Waals surface area contributed by atoms with Crippen LogP contribution in [0.1, 0.15) is 25.8 Å². The van der Waals surface area contributed by atoms with Crippen molar-refractivity contribution in [1.82, 2.24) is 15.3 Å². The van der Waals surface area contributed by atoms with E-state index in [0.717, 1.165) is 11.8 Å². The molecule has 0 fully saturated rings. The molecule has 1 aliphatic rings. The number of halogens is 1. The molecule has 1 aliphatic heterocycles. The van der Waals surface area contributed by atoms with Gasteiger partial charge in [-0.25, -0.2) is 9.37 Å². The van der Waals surface area contributed by atoms with Crippen molar-refractivity contribution in [2.45, 2.75) is 32.3 Å². The van der Waals surface area contributed by atoms with Gasteiger partial charge in [-0.05, 0) is 56.2 Å². The van der Waals surface area contributed by atoms with Crippen molar-refractivity contribution in [2.24, 2.45) is 0 Å². The summed E-state index contributed by atoms with van der Waals surface area (Å²) in [5.41, 5.74) is 1.71. The number of rotatable bonds is 7. The van der Waals surface area contributed by atoms with Crippen LogP contribution in [0, 0.1) is 5.82 Å². The van der Waals surface area contributed by atoms with E-state index in [4.69, 9.17) is 4.74 Å². The van der Waals surface area contributed by atoms with E-state index >= 15 is 0 Å². The number of aryl methyl sites for hydroxylation is 1. The number of aromatic nitrogens is 2. The minimum Gasteiger partial charge on any atom is -0.476 e. The number of fused-ring (bicyclic) bond motifs is 1. The van der Waals surface area contributed by atoms with Gasteiger partial charge in [-0.2, -0.15) is 4.98 Å². The van der Waals surface area contributed by atoms with E-state index in [1.807, 2.05) is 24.3 Å². The van der Waals surface area contributed by atoms with Gasteiger partial charge in [0.2, 0.25) is 11.9 Å². The number of nitrogens with one attached hydrogen (secondary N) is 4. The Kier molecular flexibility index (Phi) is 6.31. The van der Waals surface area contributed by atoms with Gasteiger partial charge >= 0.3 is 0 Å². The second-order valence-electron chi connectivity index (χ2n) is 8.29. The fourth-order valence-corrected chi connectivity index (χ4v) is 3.36. The van der Waals surface area contributed by atoms with Crippen molar-refractivity contribution in [3.05, 3.63) is 60.0 Å². The Morgan fingerprint density at radius 2 is 1.94 bits per heavy atom. The highest BCUT2D eigenvalue weighted by molar-refractivity contribution is 6.00. The zero-order chi connectivity index (χ0) is 24.3. The van der Waals surface area contributed by atoms with Crippen molar-refractivity contribution in [2.75, 3.05) is 23.0 Å². The highest BCUT2D eigenvalue weighted by atomic mass is 19.1. The standard InChI is InChI=1S/C24H25FN6O3/c1-24(2)22(33)30-18-12-16(8-9-19(18)34-24)28-21-17(25)13-27-23(31-21)29-15-6-4-5-14(11-15)7-10-20(32)26-3/h4-6,8-9,11-13H,7,10H2,1-3H3,(H,26,32)(H,30,33)(H2,27,28,29,31). The number of hydrogen-bond donors (Lipinski definition) is 4. The summed E-state index contributed by atoms with van der Waals surface area (Å²) in [6.07, 6.45) is 2.03. The van der Waals surface area contributed by atoms with E-state index in [1.165, 1.54) is 0 Å². The van der Waals surface area contributed by atoms with Gasteiger partial charge < -0.3 is 26.0 Å². The third-order valence-electron chi connectivity index (χ3n) is 5.25. The molecule has 9 nitrogen and oxygen atoms in total. The van der Waals surface area contributed by atoms with Gasteiger partial charge in [0.05, 0.1) is 11.9 Å². The van der Waals surface area contributed by atoms with Gasteiger partial charge in [-0.1, -0.05) is 12.1 Å². The molecule has 2 aromatic carbocycles. The normalized spacial score (nSPS) is 13.8. The van der Waals surface area contributed by atoms with Crippen LogP contribution in [0.4, 0.5) is 33.2 Å². The van der Waals surface area contributed by atoms with E-state index in [2.05, 4.69) is 31.2 Å². The first kappa shape index (κ1) is 23.0. The monoisotopic (exact) mass is 464 g/mol. The quantitative estimate of drug-likeness (QED) is 0.419. The molecule has 0 bridgehead atoms. The Morgan fingerprint density at radius 1 is 1.15 bits per heavy atom. The first-order chi connectivity index (χ1) is 16.2. The van der Waals surface area contributed by atoms with Crippen LogP contribution in [0.15, 0.2) is 48.7 Å². The maximum Gasteiger partial charge on any atom is 0.268 e. The van der Waals surface area contributed by atoms with Crippen molar-refractivity contribution < 1.29 is 18.7 Å². The molecule has 176 valence electrons. The van der Waals surface area contributed by atoms with Gasteiger partial charge in [0.25, 0.3) is 5.91 Å². The molecule has 1 aromatic heterocycles. The van der Waals surface area contributed by atoms with E-state index in [-0.39, 0.29) is 23.6 Å².